The first kappa shape index (κ1) is 16.1. The van der Waals surface area contributed by atoms with E-state index in [1.165, 1.54) is 0 Å². The lowest BCUT2D eigenvalue weighted by Gasteiger charge is -2.40. The predicted molar refractivity (Wildman–Crippen MR) is 64.7 cm³/mol. The molecule has 2 rings (SSSR count). The Kier molecular flexibility index (Phi) is 5.70. The molecule has 0 spiro atoms. The van der Waals surface area contributed by atoms with E-state index < -0.39 is 42.9 Å². The summed E-state index contributed by atoms with van der Waals surface area (Å²) in [6.45, 7) is -0.406. The number of hydrogen-bond acceptors (Lipinski definition) is 8. The van der Waals surface area contributed by atoms with Gasteiger partial charge in [-0.3, -0.25) is 0 Å². The molecule has 8 nitrogen and oxygen atoms in total. The van der Waals surface area contributed by atoms with Crippen molar-refractivity contribution in [3.8, 4) is 0 Å². The van der Waals surface area contributed by atoms with E-state index in [1.807, 2.05) is 0 Å². The number of aliphatic hydroxyl groups is 5. The molecular weight excluding hydrogens is 272 g/mol. The SMILES string of the molecule is OCC1C[C@@H](O)[C@H](O)[C@@H](O[C@H]2CO[C@H](CO)[C@@H](O)C2)O1. The lowest BCUT2D eigenvalue weighted by molar-refractivity contribution is -0.298. The first-order chi connectivity index (χ1) is 9.55. The molecule has 0 aliphatic carbocycles. The molecule has 0 amide bonds. The molecule has 118 valence electrons. The van der Waals surface area contributed by atoms with Gasteiger partial charge in [-0.25, -0.2) is 0 Å². The third-order valence-electron chi connectivity index (χ3n) is 3.64. The van der Waals surface area contributed by atoms with Gasteiger partial charge in [0.2, 0.25) is 0 Å². The number of rotatable bonds is 4. The Morgan fingerprint density at radius 3 is 2.35 bits per heavy atom. The summed E-state index contributed by atoms with van der Waals surface area (Å²) in [4.78, 5) is 0. The van der Waals surface area contributed by atoms with Gasteiger partial charge in [0, 0.05) is 12.8 Å². The Labute approximate surface area is 116 Å². The van der Waals surface area contributed by atoms with Gasteiger partial charge in [-0.2, -0.15) is 0 Å². The van der Waals surface area contributed by atoms with Crippen LogP contribution in [0.2, 0.25) is 0 Å². The predicted octanol–water partition coefficient (Wildman–Crippen LogP) is -2.66. The summed E-state index contributed by atoms with van der Waals surface area (Å²) in [5, 5.41) is 47.2. The minimum atomic E-state index is -1.22. The molecule has 0 radical (unpaired) electrons. The summed E-state index contributed by atoms with van der Waals surface area (Å²) in [7, 11) is 0. The highest BCUT2D eigenvalue weighted by atomic mass is 16.7. The van der Waals surface area contributed by atoms with Crippen molar-refractivity contribution in [2.24, 2.45) is 0 Å². The molecule has 2 aliphatic heterocycles. The lowest BCUT2D eigenvalue weighted by Crippen LogP contribution is -2.53. The molecule has 2 heterocycles. The maximum atomic E-state index is 9.82. The molecule has 1 unspecified atom stereocenters. The highest BCUT2D eigenvalue weighted by molar-refractivity contribution is 4.84. The summed E-state index contributed by atoms with van der Waals surface area (Å²) in [5.74, 6) is 0. The maximum Gasteiger partial charge on any atom is 0.186 e. The van der Waals surface area contributed by atoms with Crippen LogP contribution in [0.25, 0.3) is 0 Å². The maximum absolute atomic E-state index is 9.82. The van der Waals surface area contributed by atoms with Gasteiger partial charge in [0.05, 0.1) is 44.2 Å². The average Bonchev–Trinajstić information content (AvgIpc) is 2.43. The van der Waals surface area contributed by atoms with Crippen molar-refractivity contribution in [3.63, 3.8) is 0 Å². The van der Waals surface area contributed by atoms with Crippen LogP contribution in [-0.4, -0.2) is 88.3 Å². The first-order valence-corrected chi connectivity index (χ1v) is 6.73. The van der Waals surface area contributed by atoms with Crippen molar-refractivity contribution in [2.75, 3.05) is 19.8 Å². The van der Waals surface area contributed by atoms with Crippen molar-refractivity contribution < 1.29 is 39.7 Å². The number of hydrogen-bond donors (Lipinski definition) is 5. The normalized spacial score (nSPS) is 46.4. The zero-order valence-electron chi connectivity index (χ0n) is 11.0. The van der Waals surface area contributed by atoms with E-state index in [2.05, 4.69) is 0 Å². The zero-order valence-corrected chi connectivity index (χ0v) is 11.0. The Morgan fingerprint density at radius 2 is 1.75 bits per heavy atom. The van der Waals surface area contributed by atoms with E-state index in [0.717, 1.165) is 0 Å². The van der Waals surface area contributed by atoms with E-state index in [4.69, 9.17) is 24.4 Å². The molecule has 0 aromatic rings. The van der Waals surface area contributed by atoms with Gasteiger partial charge < -0.3 is 39.7 Å². The smallest absolute Gasteiger partial charge is 0.186 e. The van der Waals surface area contributed by atoms with Gasteiger partial charge in [0.15, 0.2) is 6.29 Å². The van der Waals surface area contributed by atoms with Crippen LogP contribution < -0.4 is 0 Å². The number of ether oxygens (including phenoxy) is 3. The third-order valence-corrected chi connectivity index (χ3v) is 3.64. The van der Waals surface area contributed by atoms with Crippen molar-refractivity contribution in [2.45, 2.75) is 55.8 Å². The quantitative estimate of drug-likeness (QED) is 0.380. The fraction of sp³-hybridized carbons (Fsp3) is 1.00. The van der Waals surface area contributed by atoms with Crippen molar-refractivity contribution in [1.82, 2.24) is 0 Å². The van der Waals surface area contributed by atoms with E-state index >= 15 is 0 Å². The topological polar surface area (TPSA) is 129 Å². The second kappa shape index (κ2) is 7.10. The molecule has 0 aromatic carbocycles. The molecule has 2 aliphatic rings. The van der Waals surface area contributed by atoms with Gasteiger partial charge in [-0.05, 0) is 0 Å². The highest BCUT2D eigenvalue weighted by Gasteiger charge is 2.40. The van der Waals surface area contributed by atoms with E-state index in [1.54, 1.807) is 0 Å². The van der Waals surface area contributed by atoms with Gasteiger partial charge in [0.25, 0.3) is 0 Å². The van der Waals surface area contributed by atoms with Gasteiger partial charge in [-0.15, -0.1) is 0 Å². The van der Waals surface area contributed by atoms with Crippen molar-refractivity contribution in [3.05, 3.63) is 0 Å². The summed E-state index contributed by atoms with van der Waals surface area (Å²) in [6, 6.07) is 0. The summed E-state index contributed by atoms with van der Waals surface area (Å²) in [5.41, 5.74) is 0. The van der Waals surface area contributed by atoms with E-state index in [9.17, 15) is 15.3 Å². The Morgan fingerprint density at radius 1 is 1.00 bits per heavy atom. The van der Waals surface area contributed by atoms with Crippen LogP contribution in [0, 0.1) is 0 Å². The lowest BCUT2D eigenvalue weighted by atomic mass is 10.0. The molecule has 0 saturated carbocycles. The van der Waals surface area contributed by atoms with Crippen LogP contribution in [0.1, 0.15) is 12.8 Å². The van der Waals surface area contributed by atoms with Gasteiger partial charge in [0.1, 0.15) is 12.2 Å². The molecule has 0 aromatic heterocycles. The largest absolute Gasteiger partial charge is 0.394 e. The van der Waals surface area contributed by atoms with Crippen molar-refractivity contribution in [1.29, 1.82) is 0 Å². The minimum absolute atomic E-state index is 0.133. The molecule has 7 atom stereocenters. The summed E-state index contributed by atoms with van der Waals surface area (Å²) in [6.07, 6.45) is -5.58. The van der Waals surface area contributed by atoms with Crippen LogP contribution in [0.5, 0.6) is 0 Å². The second-order valence-electron chi connectivity index (χ2n) is 5.22. The zero-order chi connectivity index (χ0) is 14.7. The van der Waals surface area contributed by atoms with Crippen LogP contribution >= 0.6 is 0 Å². The number of aliphatic hydroxyl groups excluding tert-OH is 5. The van der Waals surface area contributed by atoms with Crippen LogP contribution in [-0.2, 0) is 14.2 Å². The van der Waals surface area contributed by atoms with E-state index in [-0.39, 0.29) is 32.7 Å². The summed E-state index contributed by atoms with van der Waals surface area (Å²) < 4.78 is 16.1. The molecule has 5 N–H and O–H groups in total. The molecule has 8 heteroatoms. The monoisotopic (exact) mass is 294 g/mol. The minimum Gasteiger partial charge on any atom is -0.394 e. The Bertz CT molecular complexity index is 301. The third kappa shape index (κ3) is 3.66. The Hall–Kier alpha value is -0.320. The fourth-order valence-electron chi connectivity index (χ4n) is 2.44. The fourth-order valence-corrected chi connectivity index (χ4v) is 2.44. The van der Waals surface area contributed by atoms with Crippen LogP contribution in [0.15, 0.2) is 0 Å². The molecule has 2 fully saturated rings. The molecular formula is C12H22O8. The van der Waals surface area contributed by atoms with E-state index in [0.29, 0.717) is 0 Å². The van der Waals surface area contributed by atoms with Crippen molar-refractivity contribution >= 4 is 0 Å². The van der Waals surface area contributed by atoms with Gasteiger partial charge >= 0.3 is 0 Å². The second-order valence-corrected chi connectivity index (χ2v) is 5.22. The van der Waals surface area contributed by atoms with Crippen LogP contribution in [0.4, 0.5) is 0 Å². The van der Waals surface area contributed by atoms with Gasteiger partial charge in [-0.1, -0.05) is 0 Å². The Balaban J connectivity index is 1.88. The summed E-state index contributed by atoms with van der Waals surface area (Å²) >= 11 is 0. The average molecular weight is 294 g/mol. The molecule has 0 bridgehead atoms. The van der Waals surface area contributed by atoms with Crippen LogP contribution in [0.3, 0.4) is 0 Å². The highest BCUT2D eigenvalue weighted by Crippen LogP contribution is 2.25. The first-order valence-electron chi connectivity index (χ1n) is 6.73. The molecule has 2 saturated heterocycles. The molecule has 20 heavy (non-hydrogen) atoms. The standard InChI is InChI=1S/C12H22O8/c13-3-6-1-9(16)11(17)12(19-6)20-7-2-8(15)10(4-14)18-5-7/h6-17H,1-5H2/t6?,7-,8+,9-,10-,11+,12-/m1/s1.